The molecular weight excluding hydrogens is 369 g/mol. The number of benzene rings is 1. The van der Waals surface area contributed by atoms with Gasteiger partial charge in [-0.25, -0.2) is 0 Å². The number of alkyl halides is 3. The number of hydrogen-bond acceptors (Lipinski definition) is 3. The van der Waals surface area contributed by atoms with Gasteiger partial charge in [0.05, 0.1) is 0 Å². The molecule has 0 bridgehead atoms. The summed E-state index contributed by atoms with van der Waals surface area (Å²) in [5.41, 5.74) is 0.109. The average Bonchev–Trinajstić information content (AvgIpc) is 2.85. The van der Waals surface area contributed by atoms with E-state index < -0.39 is 18.0 Å². The molecule has 0 atom stereocenters. The van der Waals surface area contributed by atoms with E-state index in [1.165, 1.54) is 36.4 Å². The molecule has 2 aromatic rings. The number of carbonyl (C=O) groups excluding carboxylic acids is 2. The van der Waals surface area contributed by atoms with Crippen molar-refractivity contribution in [1.82, 2.24) is 0 Å². The third kappa shape index (κ3) is 4.10. The molecule has 5 nitrogen and oxygen atoms in total. The predicted molar refractivity (Wildman–Crippen MR) is 75.5 cm³/mol. The molecule has 0 saturated heterocycles. The Morgan fingerprint density at radius 1 is 1.05 bits per heavy atom. The molecule has 1 aromatic heterocycles. The molecule has 0 spiro atoms. The average molecular weight is 377 g/mol. The number of rotatable bonds is 3. The molecule has 2 N–H and O–H groups in total. The van der Waals surface area contributed by atoms with E-state index in [0.29, 0.717) is 4.67 Å². The van der Waals surface area contributed by atoms with Crippen LogP contribution in [0.1, 0.15) is 10.6 Å². The lowest BCUT2D eigenvalue weighted by atomic mass is 10.2. The highest BCUT2D eigenvalue weighted by Crippen LogP contribution is 2.21. The molecule has 0 saturated carbocycles. The molecule has 0 fully saturated rings. The molecule has 0 unspecified atom stereocenters. The Kier molecular flexibility index (Phi) is 4.55. The molecule has 2 amide bonds. The van der Waals surface area contributed by atoms with Crippen LogP contribution in [0.2, 0.25) is 0 Å². The van der Waals surface area contributed by atoms with E-state index in [-0.39, 0.29) is 17.1 Å². The summed E-state index contributed by atoms with van der Waals surface area (Å²) >= 11 is 3.04. The SMILES string of the molecule is O=C(Nc1cccc(NC(=O)C(F)(F)F)c1)c1ccc(Br)o1. The van der Waals surface area contributed by atoms with Crippen LogP contribution in [0.25, 0.3) is 0 Å². The van der Waals surface area contributed by atoms with E-state index >= 15 is 0 Å². The first kappa shape index (κ1) is 16.1. The van der Waals surface area contributed by atoms with Crippen molar-refractivity contribution in [2.45, 2.75) is 6.18 Å². The maximum atomic E-state index is 12.2. The van der Waals surface area contributed by atoms with Crippen LogP contribution in [0.15, 0.2) is 45.5 Å². The first-order chi connectivity index (χ1) is 10.3. The van der Waals surface area contributed by atoms with Crippen LogP contribution in [0.5, 0.6) is 0 Å². The fourth-order valence-corrected chi connectivity index (χ4v) is 1.81. The quantitative estimate of drug-likeness (QED) is 0.855. The van der Waals surface area contributed by atoms with Gasteiger partial charge in [0.1, 0.15) is 0 Å². The molecular formula is C13H8BrF3N2O3. The summed E-state index contributed by atoms with van der Waals surface area (Å²) in [6, 6.07) is 8.25. The van der Waals surface area contributed by atoms with E-state index in [1.54, 1.807) is 5.32 Å². The van der Waals surface area contributed by atoms with Crippen molar-refractivity contribution >= 4 is 39.1 Å². The highest BCUT2D eigenvalue weighted by Gasteiger charge is 2.38. The van der Waals surface area contributed by atoms with Crippen LogP contribution in [0, 0.1) is 0 Å². The number of amides is 2. The summed E-state index contributed by atoms with van der Waals surface area (Å²) < 4.78 is 41.9. The fourth-order valence-electron chi connectivity index (χ4n) is 1.51. The number of anilines is 2. The van der Waals surface area contributed by atoms with E-state index in [2.05, 4.69) is 21.2 Å². The molecule has 1 aromatic carbocycles. The van der Waals surface area contributed by atoms with Crippen LogP contribution < -0.4 is 10.6 Å². The summed E-state index contributed by atoms with van der Waals surface area (Å²) in [4.78, 5) is 22.7. The van der Waals surface area contributed by atoms with Gasteiger partial charge in [0, 0.05) is 11.4 Å². The first-order valence-corrected chi connectivity index (χ1v) is 6.60. The van der Waals surface area contributed by atoms with Gasteiger partial charge in [-0.2, -0.15) is 13.2 Å². The zero-order valence-corrected chi connectivity index (χ0v) is 12.3. The van der Waals surface area contributed by atoms with Crippen molar-refractivity contribution in [2.24, 2.45) is 0 Å². The number of nitrogens with one attached hydrogen (secondary N) is 2. The smallest absolute Gasteiger partial charge is 0.444 e. The second-order valence-corrected chi connectivity index (χ2v) is 4.87. The second-order valence-electron chi connectivity index (χ2n) is 4.09. The van der Waals surface area contributed by atoms with Crippen molar-refractivity contribution in [3.63, 3.8) is 0 Å². The van der Waals surface area contributed by atoms with Gasteiger partial charge in [0.2, 0.25) is 0 Å². The predicted octanol–water partition coefficient (Wildman–Crippen LogP) is 3.80. The normalized spacial score (nSPS) is 11.1. The molecule has 9 heteroatoms. The molecule has 0 aliphatic rings. The summed E-state index contributed by atoms with van der Waals surface area (Å²) in [7, 11) is 0. The van der Waals surface area contributed by atoms with Crippen LogP contribution in [0.4, 0.5) is 24.5 Å². The summed E-state index contributed by atoms with van der Waals surface area (Å²) in [6.07, 6.45) is -4.99. The highest BCUT2D eigenvalue weighted by molar-refractivity contribution is 9.10. The molecule has 1 heterocycles. The zero-order valence-electron chi connectivity index (χ0n) is 10.7. The van der Waals surface area contributed by atoms with Crippen molar-refractivity contribution < 1.29 is 27.2 Å². The third-order valence-corrected chi connectivity index (χ3v) is 2.86. The van der Waals surface area contributed by atoms with Crippen LogP contribution in [-0.4, -0.2) is 18.0 Å². The lowest BCUT2D eigenvalue weighted by molar-refractivity contribution is -0.167. The number of furan rings is 1. The van der Waals surface area contributed by atoms with Gasteiger partial charge in [-0.1, -0.05) is 6.07 Å². The topological polar surface area (TPSA) is 71.3 Å². The standard InChI is InChI=1S/C13H8BrF3N2O3/c14-10-5-4-9(22-10)11(20)18-7-2-1-3-8(6-7)19-12(21)13(15,16)17/h1-6H,(H,18,20)(H,19,21). The minimum Gasteiger partial charge on any atom is -0.444 e. The van der Waals surface area contributed by atoms with Gasteiger partial charge in [-0.15, -0.1) is 0 Å². The molecule has 0 aliphatic carbocycles. The monoisotopic (exact) mass is 376 g/mol. The van der Waals surface area contributed by atoms with Crippen molar-refractivity contribution in [2.75, 3.05) is 10.6 Å². The number of halogens is 4. The van der Waals surface area contributed by atoms with E-state index in [1.807, 2.05) is 0 Å². The Balaban J connectivity index is 2.08. The first-order valence-electron chi connectivity index (χ1n) is 5.80. The third-order valence-electron chi connectivity index (χ3n) is 2.43. The van der Waals surface area contributed by atoms with Crippen LogP contribution in [0.3, 0.4) is 0 Å². The van der Waals surface area contributed by atoms with Gasteiger partial charge in [-0.3, -0.25) is 9.59 Å². The van der Waals surface area contributed by atoms with Crippen LogP contribution in [-0.2, 0) is 4.79 Å². The summed E-state index contributed by atoms with van der Waals surface area (Å²) in [5, 5.41) is 4.13. The van der Waals surface area contributed by atoms with E-state index in [0.717, 1.165) is 0 Å². The molecule has 0 radical (unpaired) electrons. The lowest BCUT2D eigenvalue weighted by Gasteiger charge is -2.09. The van der Waals surface area contributed by atoms with Crippen LogP contribution >= 0.6 is 15.9 Å². The fraction of sp³-hybridized carbons (Fsp3) is 0.0769. The molecule has 116 valence electrons. The highest BCUT2D eigenvalue weighted by atomic mass is 79.9. The summed E-state index contributed by atoms with van der Waals surface area (Å²) in [6.45, 7) is 0. The van der Waals surface area contributed by atoms with Gasteiger partial charge < -0.3 is 15.1 Å². The number of carbonyl (C=O) groups is 2. The Labute approximate surface area is 130 Å². The van der Waals surface area contributed by atoms with Gasteiger partial charge in [0.15, 0.2) is 10.4 Å². The minimum atomic E-state index is -4.99. The van der Waals surface area contributed by atoms with Gasteiger partial charge in [-0.05, 0) is 46.3 Å². The van der Waals surface area contributed by atoms with E-state index in [9.17, 15) is 22.8 Å². The molecule has 0 aliphatic heterocycles. The Morgan fingerprint density at radius 2 is 1.68 bits per heavy atom. The zero-order chi connectivity index (χ0) is 16.3. The summed E-state index contributed by atoms with van der Waals surface area (Å²) in [5.74, 6) is -2.65. The van der Waals surface area contributed by atoms with Crippen molar-refractivity contribution in [3.05, 3.63) is 46.8 Å². The molecule has 22 heavy (non-hydrogen) atoms. The van der Waals surface area contributed by atoms with Crippen molar-refractivity contribution in [3.8, 4) is 0 Å². The Morgan fingerprint density at radius 3 is 2.23 bits per heavy atom. The lowest BCUT2D eigenvalue weighted by Crippen LogP contribution is -2.29. The largest absolute Gasteiger partial charge is 0.471 e. The minimum absolute atomic E-state index is 0.0246. The maximum Gasteiger partial charge on any atom is 0.471 e. The molecule has 2 rings (SSSR count). The number of hydrogen-bond donors (Lipinski definition) is 2. The van der Waals surface area contributed by atoms with Crippen molar-refractivity contribution in [1.29, 1.82) is 0 Å². The maximum absolute atomic E-state index is 12.2. The second kappa shape index (κ2) is 6.22. The van der Waals surface area contributed by atoms with Gasteiger partial charge in [0.25, 0.3) is 5.91 Å². The Bertz CT molecular complexity index is 713. The Hall–Kier alpha value is -2.29. The van der Waals surface area contributed by atoms with E-state index in [4.69, 9.17) is 4.42 Å². The van der Waals surface area contributed by atoms with Gasteiger partial charge >= 0.3 is 12.1 Å².